The molecule has 2 aromatic rings. The standard InChI is InChI=1S/C22H28N4O2/c27-21(24-20-9-10-20)11-8-18-7-4-12-25(14-18)22(28)19-13-23-26(16-19)15-17-5-2-1-3-6-17/h1-3,5-6,13,16,18,20H,4,7-12,14-15H2,(H,24,27)/t18-/m1/s1. The Kier molecular flexibility index (Phi) is 5.74. The van der Waals surface area contributed by atoms with Crippen LogP contribution in [0.1, 0.15) is 54.4 Å². The maximum Gasteiger partial charge on any atom is 0.257 e. The number of carbonyl (C=O) groups excluding carboxylic acids is 2. The second-order valence-corrected chi connectivity index (χ2v) is 8.05. The van der Waals surface area contributed by atoms with Gasteiger partial charge in [0.25, 0.3) is 5.91 Å². The zero-order chi connectivity index (χ0) is 19.3. The number of benzene rings is 1. The summed E-state index contributed by atoms with van der Waals surface area (Å²) in [6, 6.07) is 10.5. The fraction of sp³-hybridized carbons (Fsp3) is 0.500. The number of hydrogen-bond acceptors (Lipinski definition) is 3. The van der Waals surface area contributed by atoms with Gasteiger partial charge in [0.2, 0.25) is 5.91 Å². The van der Waals surface area contributed by atoms with Crippen LogP contribution < -0.4 is 5.32 Å². The van der Waals surface area contributed by atoms with E-state index in [1.165, 1.54) is 0 Å². The van der Waals surface area contributed by atoms with Crippen molar-refractivity contribution < 1.29 is 9.59 Å². The SMILES string of the molecule is O=C(CC[C@H]1CCCN(C(=O)c2cnn(Cc3ccccc3)c2)C1)NC1CC1. The molecule has 1 atom stereocenters. The van der Waals surface area contributed by atoms with E-state index < -0.39 is 0 Å². The van der Waals surface area contributed by atoms with Gasteiger partial charge in [0.1, 0.15) is 0 Å². The summed E-state index contributed by atoms with van der Waals surface area (Å²) in [6.07, 6.45) is 9.26. The van der Waals surface area contributed by atoms with Crippen molar-refractivity contribution in [2.45, 2.75) is 51.1 Å². The average Bonchev–Trinajstić information content (AvgIpc) is 3.41. The Morgan fingerprint density at radius 1 is 1.14 bits per heavy atom. The normalized spacial score (nSPS) is 19.4. The molecule has 2 fully saturated rings. The second-order valence-electron chi connectivity index (χ2n) is 8.05. The highest BCUT2D eigenvalue weighted by Gasteiger charge is 2.27. The van der Waals surface area contributed by atoms with E-state index in [-0.39, 0.29) is 11.8 Å². The summed E-state index contributed by atoms with van der Waals surface area (Å²) in [5, 5.41) is 7.40. The maximum absolute atomic E-state index is 12.9. The Morgan fingerprint density at radius 2 is 1.96 bits per heavy atom. The molecule has 0 radical (unpaired) electrons. The van der Waals surface area contributed by atoms with Gasteiger partial charge in [-0.2, -0.15) is 5.10 Å². The lowest BCUT2D eigenvalue weighted by atomic mass is 9.93. The molecular weight excluding hydrogens is 352 g/mol. The van der Waals surface area contributed by atoms with Gasteiger partial charge in [-0.15, -0.1) is 0 Å². The largest absolute Gasteiger partial charge is 0.353 e. The number of nitrogens with one attached hydrogen (secondary N) is 1. The fourth-order valence-electron chi connectivity index (χ4n) is 3.86. The number of nitrogens with zero attached hydrogens (tertiary/aromatic N) is 3. The molecule has 1 aliphatic heterocycles. The Hall–Kier alpha value is -2.63. The molecule has 0 bridgehead atoms. The van der Waals surface area contributed by atoms with Crippen LogP contribution >= 0.6 is 0 Å². The summed E-state index contributed by atoms with van der Waals surface area (Å²) in [6.45, 7) is 2.18. The van der Waals surface area contributed by atoms with E-state index >= 15 is 0 Å². The van der Waals surface area contributed by atoms with Crippen LogP contribution in [0.15, 0.2) is 42.7 Å². The molecule has 148 valence electrons. The molecule has 2 amide bonds. The highest BCUT2D eigenvalue weighted by Crippen LogP contribution is 2.23. The first-order valence-electron chi connectivity index (χ1n) is 10.3. The quantitative estimate of drug-likeness (QED) is 0.803. The molecular formula is C22H28N4O2. The van der Waals surface area contributed by atoms with Crippen molar-refractivity contribution in [2.75, 3.05) is 13.1 Å². The monoisotopic (exact) mass is 380 g/mol. The van der Waals surface area contributed by atoms with Crippen LogP contribution in [0.5, 0.6) is 0 Å². The zero-order valence-electron chi connectivity index (χ0n) is 16.2. The molecule has 1 aliphatic carbocycles. The van der Waals surface area contributed by atoms with Gasteiger partial charge in [0, 0.05) is 31.7 Å². The highest BCUT2D eigenvalue weighted by atomic mass is 16.2. The van der Waals surface area contributed by atoms with Crippen molar-refractivity contribution in [2.24, 2.45) is 5.92 Å². The molecule has 2 heterocycles. The number of rotatable bonds is 7. The van der Waals surface area contributed by atoms with Crippen LogP contribution in [0.3, 0.4) is 0 Å². The summed E-state index contributed by atoms with van der Waals surface area (Å²) in [4.78, 5) is 26.7. The molecule has 0 unspecified atom stereocenters. The first-order chi connectivity index (χ1) is 13.7. The van der Waals surface area contributed by atoms with Crippen molar-refractivity contribution in [1.29, 1.82) is 0 Å². The minimum absolute atomic E-state index is 0.0476. The third-order valence-electron chi connectivity index (χ3n) is 5.60. The van der Waals surface area contributed by atoms with Crippen LogP contribution in [0.25, 0.3) is 0 Å². The minimum Gasteiger partial charge on any atom is -0.353 e. The molecule has 1 aromatic heterocycles. The molecule has 6 nitrogen and oxygen atoms in total. The number of aromatic nitrogens is 2. The average molecular weight is 380 g/mol. The van der Waals surface area contributed by atoms with Gasteiger partial charge < -0.3 is 10.2 Å². The Balaban J connectivity index is 1.29. The molecule has 0 spiro atoms. The van der Waals surface area contributed by atoms with E-state index in [9.17, 15) is 9.59 Å². The van der Waals surface area contributed by atoms with Gasteiger partial charge >= 0.3 is 0 Å². The lowest BCUT2D eigenvalue weighted by Crippen LogP contribution is -2.40. The smallest absolute Gasteiger partial charge is 0.257 e. The van der Waals surface area contributed by atoms with E-state index in [0.29, 0.717) is 30.5 Å². The molecule has 4 rings (SSSR count). The van der Waals surface area contributed by atoms with Crippen molar-refractivity contribution in [3.8, 4) is 0 Å². The van der Waals surface area contributed by atoms with Gasteiger partial charge in [-0.3, -0.25) is 14.3 Å². The Labute approximate surface area is 165 Å². The molecule has 6 heteroatoms. The third-order valence-corrected chi connectivity index (χ3v) is 5.60. The Morgan fingerprint density at radius 3 is 2.75 bits per heavy atom. The third kappa shape index (κ3) is 5.00. The van der Waals surface area contributed by atoms with Crippen LogP contribution in [-0.2, 0) is 11.3 Å². The minimum atomic E-state index is 0.0476. The first kappa shape index (κ1) is 18.7. The van der Waals surface area contributed by atoms with Crippen LogP contribution in [0, 0.1) is 5.92 Å². The molecule has 28 heavy (non-hydrogen) atoms. The lowest BCUT2D eigenvalue weighted by molar-refractivity contribution is -0.121. The lowest BCUT2D eigenvalue weighted by Gasteiger charge is -2.32. The predicted molar refractivity (Wildman–Crippen MR) is 107 cm³/mol. The van der Waals surface area contributed by atoms with Crippen molar-refractivity contribution >= 4 is 11.8 Å². The topological polar surface area (TPSA) is 67.2 Å². The van der Waals surface area contributed by atoms with Gasteiger partial charge in [0.05, 0.1) is 18.3 Å². The summed E-state index contributed by atoms with van der Waals surface area (Å²) >= 11 is 0. The predicted octanol–water partition coefficient (Wildman–Crippen LogP) is 2.84. The zero-order valence-corrected chi connectivity index (χ0v) is 16.2. The number of hydrogen-bond donors (Lipinski definition) is 1. The van der Waals surface area contributed by atoms with Crippen LogP contribution in [0.4, 0.5) is 0 Å². The van der Waals surface area contributed by atoms with Crippen molar-refractivity contribution in [1.82, 2.24) is 20.0 Å². The number of piperidine rings is 1. The number of amides is 2. The van der Waals surface area contributed by atoms with E-state index in [1.54, 1.807) is 6.20 Å². The summed E-state index contributed by atoms with van der Waals surface area (Å²) in [5.41, 5.74) is 1.80. The fourth-order valence-corrected chi connectivity index (χ4v) is 3.86. The van der Waals surface area contributed by atoms with Gasteiger partial charge in [0.15, 0.2) is 0 Å². The second kappa shape index (κ2) is 8.59. The maximum atomic E-state index is 12.9. The number of likely N-dealkylation sites (tertiary alicyclic amines) is 1. The Bertz CT molecular complexity index is 813. The molecule has 2 aliphatic rings. The van der Waals surface area contributed by atoms with Crippen molar-refractivity contribution in [3.63, 3.8) is 0 Å². The first-order valence-corrected chi connectivity index (χ1v) is 10.3. The van der Waals surface area contributed by atoms with E-state index in [0.717, 1.165) is 50.8 Å². The summed E-state index contributed by atoms with van der Waals surface area (Å²) < 4.78 is 1.81. The van der Waals surface area contributed by atoms with E-state index in [2.05, 4.69) is 22.5 Å². The highest BCUT2D eigenvalue weighted by molar-refractivity contribution is 5.93. The van der Waals surface area contributed by atoms with E-state index in [1.807, 2.05) is 34.0 Å². The molecule has 1 saturated heterocycles. The van der Waals surface area contributed by atoms with Gasteiger partial charge in [-0.05, 0) is 43.6 Å². The number of carbonyl (C=O) groups is 2. The van der Waals surface area contributed by atoms with Crippen LogP contribution in [-0.4, -0.2) is 45.6 Å². The van der Waals surface area contributed by atoms with Gasteiger partial charge in [-0.25, -0.2) is 0 Å². The summed E-state index contributed by atoms with van der Waals surface area (Å²) in [5.74, 6) is 0.613. The van der Waals surface area contributed by atoms with Gasteiger partial charge in [-0.1, -0.05) is 30.3 Å². The molecule has 1 N–H and O–H groups in total. The van der Waals surface area contributed by atoms with Crippen molar-refractivity contribution in [3.05, 3.63) is 53.9 Å². The molecule has 1 aromatic carbocycles. The van der Waals surface area contributed by atoms with E-state index in [4.69, 9.17) is 0 Å². The summed E-state index contributed by atoms with van der Waals surface area (Å²) in [7, 11) is 0. The van der Waals surface area contributed by atoms with Crippen LogP contribution in [0.2, 0.25) is 0 Å². The molecule has 1 saturated carbocycles.